The summed E-state index contributed by atoms with van der Waals surface area (Å²) in [5, 5.41) is 9.15. The number of nitrogens with zero attached hydrogens (tertiary/aromatic N) is 1. The number of phenols is 1. The maximum absolute atomic E-state index is 9.15. The Morgan fingerprint density at radius 1 is 1.27 bits per heavy atom. The number of aromatic hydroxyl groups is 1. The number of hydrogen-bond donors (Lipinski definition) is 1. The van der Waals surface area contributed by atoms with Crippen LogP contribution in [0.5, 0.6) is 5.75 Å². The Kier molecular flexibility index (Phi) is 6.18. The van der Waals surface area contributed by atoms with Crippen molar-refractivity contribution >= 4 is 18.1 Å². The Morgan fingerprint density at radius 3 is 2.27 bits per heavy atom. The lowest BCUT2D eigenvalue weighted by atomic mass is 10.1. The van der Waals surface area contributed by atoms with E-state index in [1.165, 1.54) is 6.42 Å². The number of halogens is 1. The van der Waals surface area contributed by atoms with Gasteiger partial charge in [-0.1, -0.05) is 20.3 Å². The van der Waals surface area contributed by atoms with E-state index in [0.717, 1.165) is 12.2 Å². The Bertz CT molecular complexity index is 273. The van der Waals surface area contributed by atoms with E-state index >= 15 is 0 Å². The van der Waals surface area contributed by atoms with Gasteiger partial charge in [0, 0.05) is 19.3 Å². The van der Waals surface area contributed by atoms with Gasteiger partial charge in [0.2, 0.25) is 0 Å². The molecule has 0 aliphatic heterocycles. The van der Waals surface area contributed by atoms with Gasteiger partial charge in [-0.3, -0.25) is 0 Å². The van der Waals surface area contributed by atoms with Crippen molar-refractivity contribution in [2.45, 2.75) is 20.3 Å². The highest BCUT2D eigenvalue weighted by molar-refractivity contribution is 5.85. The third-order valence-corrected chi connectivity index (χ3v) is 2.57. The van der Waals surface area contributed by atoms with E-state index in [9.17, 15) is 0 Å². The van der Waals surface area contributed by atoms with Crippen LogP contribution in [-0.4, -0.2) is 18.7 Å². The summed E-state index contributed by atoms with van der Waals surface area (Å²) in [7, 11) is 2.08. The predicted octanol–water partition coefficient (Wildman–Crippen LogP) is 3.30. The van der Waals surface area contributed by atoms with E-state index in [4.69, 9.17) is 5.11 Å². The molecule has 15 heavy (non-hydrogen) atoms. The number of rotatable bonds is 4. The normalized spacial score (nSPS) is 11.7. The summed E-state index contributed by atoms with van der Waals surface area (Å²) in [6, 6.07) is 7.33. The van der Waals surface area contributed by atoms with E-state index in [2.05, 4.69) is 25.8 Å². The molecule has 3 heteroatoms. The third-order valence-electron chi connectivity index (χ3n) is 2.57. The minimum absolute atomic E-state index is 0. The summed E-state index contributed by atoms with van der Waals surface area (Å²) in [4.78, 5) is 2.22. The maximum Gasteiger partial charge on any atom is 0.115 e. The SMILES string of the molecule is CC[C@H](C)CN(C)c1ccc(O)cc1.Cl. The van der Waals surface area contributed by atoms with Gasteiger partial charge in [-0.2, -0.15) is 0 Å². The molecule has 0 aromatic heterocycles. The van der Waals surface area contributed by atoms with Crippen LogP contribution in [0.15, 0.2) is 24.3 Å². The lowest BCUT2D eigenvalue weighted by molar-refractivity contribution is 0.475. The zero-order chi connectivity index (χ0) is 10.6. The molecular weight excluding hydrogens is 210 g/mol. The van der Waals surface area contributed by atoms with Crippen molar-refractivity contribution in [3.8, 4) is 5.75 Å². The van der Waals surface area contributed by atoms with Gasteiger partial charge in [-0.15, -0.1) is 12.4 Å². The topological polar surface area (TPSA) is 23.5 Å². The zero-order valence-electron chi connectivity index (χ0n) is 9.60. The minimum atomic E-state index is 0. The first kappa shape index (κ1) is 14.1. The molecule has 1 aromatic carbocycles. The van der Waals surface area contributed by atoms with Gasteiger partial charge in [-0.25, -0.2) is 0 Å². The van der Waals surface area contributed by atoms with Crippen molar-refractivity contribution in [1.29, 1.82) is 0 Å². The minimum Gasteiger partial charge on any atom is -0.508 e. The van der Waals surface area contributed by atoms with Crippen molar-refractivity contribution in [3.63, 3.8) is 0 Å². The van der Waals surface area contributed by atoms with E-state index in [1.54, 1.807) is 12.1 Å². The van der Waals surface area contributed by atoms with E-state index in [0.29, 0.717) is 11.7 Å². The summed E-state index contributed by atoms with van der Waals surface area (Å²) in [6.07, 6.45) is 1.20. The molecule has 0 amide bonds. The molecule has 0 unspecified atom stereocenters. The molecule has 0 bridgehead atoms. The Hall–Kier alpha value is -0.890. The van der Waals surface area contributed by atoms with Gasteiger partial charge in [-0.05, 0) is 30.2 Å². The number of benzene rings is 1. The van der Waals surface area contributed by atoms with E-state index in [-0.39, 0.29) is 12.4 Å². The summed E-state index contributed by atoms with van der Waals surface area (Å²) in [6.45, 7) is 5.51. The molecule has 0 aliphatic rings. The molecule has 0 fully saturated rings. The Morgan fingerprint density at radius 2 is 1.80 bits per heavy atom. The summed E-state index contributed by atoms with van der Waals surface area (Å²) in [5.41, 5.74) is 1.16. The van der Waals surface area contributed by atoms with Gasteiger partial charge >= 0.3 is 0 Å². The van der Waals surface area contributed by atoms with Crippen LogP contribution in [0.4, 0.5) is 5.69 Å². The third kappa shape index (κ3) is 4.43. The highest BCUT2D eigenvalue weighted by atomic mass is 35.5. The van der Waals surface area contributed by atoms with Crippen molar-refractivity contribution in [3.05, 3.63) is 24.3 Å². The maximum atomic E-state index is 9.15. The molecule has 0 saturated carbocycles. The number of hydrogen-bond acceptors (Lipinski definition) is 2. The number of anilines is 1. The van der Waals surface area contributed by atoms with Gasteiger partial charge in [0.25, 0.3) is 0 Å². The fourth-order valence-electron chi connectivity index (χ4n) is 1.41. The molecule has 1 atom stereocenters. The molecule has 0 aliphatic carbocycles. The van der Waals surface area contributed by atoms with Crippen LogP contribution < -0.4 is 4.90 Å². The van der Waals surface area contributed by atoms with Crippen molar-refractivity contribution in [2.24, 2.45) is 5.92 Å². The van der Waals surface area contributed by atoms with Gasteiger partial charge < -0.3 is 10.0 Å². The van der Waals surface area contributed by atoms with E-state index in [1.807, 2.05) is 12.1 Å². The predicted molar refractivity (Wildman–Crippen MR) is 68.1 cm³/mol. The highest BCUT2D eigenvalue weighted by Gasteiger charge is 2.04. The quantitative estimate of drug-likeness (QED) is 0.857. The standard InChI is InChI=1S/C12H19NO.ClH/c1-4-10(2)9-13(3)11-5-7-12(14)8-6-11;/h5-8,10,14H,4,9H2,1-3H3;1H/t10-;/m0./s1. The smallest absolute Gasteiger partial charge is 0.115 e. The number of phenolic OH excluding ortho intramolecular Hbond substituents is 1. The zero-order valence-corrected chi connectivity index (χ0v) is 10.4. The van der Waals surface area contributed by atoms with Crippen molar-refractivity contribution in [1.82, 2.24) is 0 Å². The summed E-state index contributed by atoms with van der Waals surface area (Å²) < 4.78 is 0. The largest absolute Gasteiger partial charge is 0.508 e. The van der Waals surface area contributed by atoms with Crippen LogP contribution in [-0.2, 0) is 0 Å². The highest BCUT2D eigenvalue weighted by Crippen LogP contribution is 2.18. The molecule has 2 nitrogen and oxygen atoms in total. The second-order valence-corrected chi connectivity index (χ2v) is 3.91. The monoisotopic (exact) mass is 229 g/mol. The lowest BCUT2D eigenvalue weighted by Crippen LogP contribution is -2.23. The van der Waals surface area contributed by atoms with Crippen LogP contribution in [0.3, 0.4) is 0 Å². The molecule has 0 radical (unpaired) electrons. The second kappa shape index (κ2) is 6.57. The molecule has 1 rings (SSSR count). The Balaban J connectivity index is 0.00000196. The first-order chi connectivity index (χ1) is 6.63. The fraction of sp³-hybridized carbons (Fsp3) is 0.500. The fourth-order valence-corrected chi connectivity index (χ4v) is 1.41. The molecular formula is C12H20ClNO. The van der Waals surface area contributed by atoms with Crippen LogP contribution in [0.1, 0.15) is 20.3 Å². The van der Waals surface area contributed by atoms with Crippen LogP contribution in [0.2, 0.25) is 0 Å². The first-order valence-corrected chi connectivity index (χ1v) is 5.13. The first-order valence-electron chi connectivity index (χ1n) is 5.13. The van der Waals surface area contributed by atoms with Crippen LogP contribution in [0.25, 0.3) is 0 Å². The van der Waals surface area contributed by atoms with E-state index < -0.39 is 0 Å². The molecule has 0 heterocycles. The second-order valence-electron chi connectivity index (χ2n) is 3.91. The molecule has 0 saturated heterocycles. The van der Waals surface area contributed by atoms with Gasteiger partial charge in [0.1, 0.15) is 5.75 Å². The average Bonchev–Trinajstić information content (AvgIpc) is 2.18. The lowest BCUT2D eigenvalue weighted by Gasteiger charge is -2.22. The van der Waals surface area contributed by atoms with Gasteiger partial charge in [0.05, 0.1) is 0 Å². The summed E-state index contributed by atoms with van der Waals surface area (Å²) in [5.74, 6) is 1.03. The Labute approximate surface area is 98.3 Å². The molecule has 86 valence electrons. The average molecular weight is 230 g/mol. The van der Waals surface area contributed by atoms with Crippen LogP contribution in [0, 0.1) is 5.92 Å². The van der Waals surface area contributed by atoms with Gasteiger partial charge in [0.15, 0.2) is 0 Å². The molecule has 1 N–H and O–H groups in total. The summed E-state index contributed by atoms with van der Waals surface area (Å²) >= 11 is 0. The van der Waals surface area contributed by atoms with Crippen LogP contribution >= 0.6 is 12.4 Å². The molecule has 1 aromatic rings. The molecule has 0 spiro atoms. The van der Waals surface area contributed by atoms with Crippen molar-refractivity contribution in [2.75, 3.05) is 18.5 Å². The van der Waals surface area contributed by atoms with Crippen molar-refractivity contribution < 1.29 is 5.11 Å².